The predicted molar refractivity (Wildman–Crippen MR) is 274 cm³/mol. The minimum Gasteiger partial charge on any atom is -0.480 e. The van der Waals surface area contributed by atoms with E-state index in [0.29, 0.717) is 76.2 Å². The zero-order valence-electron chi connectivity index (χ0n) is 43.1. The molecule has 0 spiro atoms. The van der Waals surface area contributed by atoms with E-state index in [4.69, 9.17) is 19.6 Å². The van der Waals surface area contributed by atoms with Gasteiger partial charge in [-0.05, 0) is 72.9 Å². The van der Waals surface area contributed by atoms with Gasteiger partial charge in [-0.2, -0.15) is 0 Å². The highest BCUT2D eigenvalue weighted by Crippen LogP contribution is 2.49. The molecule has 24 nitrogen and oxygen atoms in total. The SMILES string of the molecule is CC[C@H]1C(=O)OCc2c1cc1n(c2=O)Cc2c-1nc1cc(F)c(C)c3c1c2[C@@H](NC(=O)C1(COCNC(=O)CNC(=O)[C@H](Cc2ccccc2)NC(=O)CNC(=O)CNC(=O)[C@H](CNCC(=O)O)N2C(=O)C=CC2=O)CC1)CC3. The molecule has 414 valence electrons. The molecule has 0 bridgehead atoms. The quantitative estimate of drug-likeness (QED) is 0.0176. The van der Waals surface area contributed by atoms with Gasteiger partial charge in [-0.3, -0.25) is 57.6 Å². The third-order valence-electron chi connectivity index (χ3n) is 14.9. The van der Waals surface area contributed by atoms with E-state index >= 15 is 4.39 Å². The van der Waals surface area contributed by atoms with Gasteiger partial charge in [0.1, 0.15) is 31.2 Å². The van der Waals surface area contributed by atoms with Crippen LogP contribution in [0.25, 0.3) is 22.3 Å². The summed E-state index contributed by atoms with van der Waals surface area (Å²) in [5.41, 5.74) is 4.58. The molecule has 2 aliphatic carbocycles. The van der Waals surface area contributed by atoms with Crippen LogP contribution in [0.15, 0.2) is 59.4 Å². The minimum atomic E-state index is -1.50. The topological polar surface area (TPSA) is 332 Å². The number of carbonyl (C=O) groups is 10. The number of esters is 1. The Hall–Kier alpha value is -8.71. The van der Waals surface area contributed by atoms with Gasteiger partial charge in [-0.15, -0.1) is 0 Å². The van der Waals surface area contributed by atoms with Gasteiger partial charge in [-0.1, -0.05) is 37.3 Å². The number of hydrogen-bond donors (Lipinski definition) is 8. The number of hydrogen-bond acceptors (Lipinski definition) is 15. The normalized spacial score (nSPS) is 17.9. The molecule has 1 saturated carbocycles. The van der Waals surface area contributed by atoms with Crippen molar-refractivity contribution in [1.29, 1.82) is 0 Å². The lowest BCUT2D eigenvalue weighted by Gasteiger charge is -2.31. The number of carbonyl (C=O) groups excluding carboxylic acids is 9. The van der Waals surface area contributed by atoms with Crippen molar-refractivity contribution in [3.63, 3.8) is 0 Å². The van der Waals surface area contributed by atoms with Gasteiger partial charge >= 0.3 is 11.9 Å². The predicted octanol–water partition coefficient (Wildman–Crippen LogP) is -0.559. The number of pyridine rings is 2. The molecular weight excluding hydrogens is 1030 g/mol. The molecule has 9 rings (SSSR count). The number of benzene rings is 2. The van der Waals surface area contributed by atoms with Gasteiger partial charge in [0.25, 0.3) is 17.4 Å². The van der Waals surface area contributed by atoms with Crippen LogP contribution in [0.1, 0.15) is 83.5 Å². The number of nitrogens with zero attached hydrogens (tertiary/aromatic N) is 3. The van der Waals surface area contributed by atoms with E-state index in [1.807, 2.05) is 13.0 Å². The molecule has 1 fully saturated rings. The van der Waals surface area contributed by atoms with Crippen LogP contribution in [0.3, 0.4) is 0 Å². The van der Waals surface area contributed by atoms with Gasteiger partial charge in [0, 0.05) is 42.1 Å². The van der Waals surface area contributed by atoms with Gasteiger partial charge in [0.15, 0.2) is 0 Å². The number of fused-ring (bicyclic) bond motifs is 5. The maximum Gasteiger partial charge on any atom is 0.317 e. The molecule has 0 unspecified atom stereocenters. The van der Waals surface area contributed by atoms with Crippen LogP contribution < -0.4 is 42.8 Å². The van der Waals surface area contributed by atoms with Gasteiger partial charge < -0.3 is 56.4 Å². The van der Waals surface area contributed by atoms with Crippen molar-refractivity contribution in [1.82, 2.24) is 51.7 Å². The fourth-order valence-corrected chi connectivity index (χ4v) is 10.5. The van der Waals surface area contributed by atoms with Crippen LogP contribution in [0, 0.1) is 18.2 Å². The Morgan fingerprint density at radius 3 is 2.27 bits per heavy atom. The molecule has 8 N–H and O–H groups in total. The molecule has 8 amide bonds. The first-order valence-corrected chi connectivity index (χ1v) is 25.7. The molecule has 0 saturated heterocycles. The molecule has 4 atom stereocenters. The smallest absolute Gasteiger partial charge is 0.317 e. The van der Waals surface area contributed by atoms with Crippen molar-refractivity contribution in [2.24, 2.45) is 5.41 Å². The monoisotopic (exact) mass is 1090 g/mol. The Kier molecular flexibility index (Phi) is 16.1. The fraction of sp³-hybridized carbons (Fsp3) is 0.407. The van der Waals surface area contributed by atoms with Crippen molar-refractivity contribution in [2.75, 3.05) is 46.1 Å². The highest BCUT2D eigenvalue weighted by Gasteiger charge is 2.51. The Morgan fingerprint density at radius 2 is 1.57 bits per heavy atom. The fourth-order valence-electron chi connectivity index (χ4n) is 10.5. The van der Waals surface area contributed by atoms with Crippen LogP contribution >= 0.6 is 0 Å². The van der Waals surface area contributed by atoms with Gasteiger partial charge in [0.2, 0.25) is 35.4 Å². The first-order valence-electron chi connectivity index (χ1n) is 25.7. The van der Waals surface area contributed by atoms with E-state index in [2.05, 4.69) is 37.2 Å². The second-order valence-electron chi connectivity index (χ2n) is 20.0. The molecule has 25 heteroatoms. The summed E-state index contributed by atoms with van der Waals surface area (Å²) in [6, 6.07) is 8.58. The number of nitrogens with one attached hydrogen (secondary N) is 7. The lowest BCUT2D eigenvalue weighted by atomic mass is 9.81. The van der Waals surface area contributed by atoms with Gasteiger partial charge in [-0.25, -0.2) is 9.37 Å². The molecule has 79 heavy (non-hydrogen) atoms. The summed E-state index contributed by atoms with van der Waals surface area (Å²) in [5, 5.41) is 27.5. The van der Waals surface area contributed by atoms with E-state index in [0.717, 1.165) is 34.2 Å². The van der Waals surface area contributed by atoms with Crippen molar-refractivity contribution in [3.05, 3.63) is 110 Å². The number of imide groups is 1. The third kappa shape index (κ3) is 11.6. The molecule has 4 aromatic rings. The zero-order chi connectivity index (χ0) is 56.3. The number of rotatable bonds is 23. The molecule has 2 aromatic carbocycles. The summed E-state index contributed by atoms with van der Waals surface area (Å²) in [7, 11) is 0. The molecule has 2 aromatic heterocycles. The number of halogens is 1. The highest BCUT2D eigenvalue weighted by atomic mass is 19.1. The Bertz CT molecular complexity index is 3300. The zero-order valence-corrected chi connectivity index (χ0v) is 43.1. The number of aromatic nitrogens is 2. The highest BCUT2D eigenvalue weighted by molar-refractivity contribution is 6.15. The van der Waals surface area contributed by atoms with Crippen LogP contribution in [-0.2, 0) is 83.4 Å². The number of amides is 8. The largest absolute Gasteiger partial charge is 0.480 e. The number of ether oxygens (including phenoxy) is 2. The van der Waals surface area contributed by atoms with E-state index in [1.165, 1.54) is 6.07 Å². The van der Waals surface area contributed by atoms with Gasteiger partial charge in [0.05, 0.1) is 79.2 Å². The van der Waals surface area contributed by atoms with Crippen LogP contribution in [0.4, 0.5) is 4.39 Å². The molecule has 0 radical (unpaired) electrons. The molecule has 5 heterocycles. The average Bonchev–Trinajstić information content (AvgIpc) is 4.29. The number of carboxylic acids is 1. The lowest BCUT2D eigenvalue weighted by Crippen LogP contribution is -2.56. The van der Waals surface area contributed by atoms with Crippen molar-refractivity contribution < 1.29 is 66.9 Å². The van der Waals surface area contributed by atoms with E-state index in [1.54, 1.807) is 41.8 Å². The number of aliphatic carboxylic acids is 1. The van der Waals surface area contributed by atoms with Crippen LogP contribution in [0.5, 0.6) is 0 Å². The summed E-state index contributed by atoms with van der Waals surface area (Å²) in [4.78, 5) is 147. The summed E-state index contributed by atoms with van der Waals surface area (Å²) in [6.45, 7) is 0.323. The van der Waals surface area contributed by atoms with Crippen molar-refractivity contribution in [2.45, 2.75) is 89.6 Å². The summed E-state index contributed by atoms with van der Waals surface area (Å²) < 4.78 is 28.3. The lowest BCUT2D eigenvalue weighted by molar-refractivity contribution is -0.148. The Labute approximate surface area is 449 Å². The summed E-state index contributed by atoms with van der Waals surface area (Å²) >= 11 is 0. The summed E-state index contributed by atoms with van der Waals surface area (Å²) in [6.07, 6.45) is 4.20. The maximum absolute atomic E-state index is 15.5. The van der Waals surface area contributed by atoms with E-state index in [-0.39, 0.29) is 44.4 Å². The first kappa shape index (κ1) is 55.1. The Balaban J connectivity index is 0.770. The van der Waals surface area contributed by atoms with Crippen LogP contribution in [-0.4, -0.2) is 137 Å². The van der Waals surface area contributed by atoms with E-state index in [9.17, 15) is 52.7 Å². The Morgan fingerprint density at radius 1 is 0.873 bits per heavy atom. The minimum absolute atomic E-state index is 0.00866. The molecule has 3 aliphatic heterocycles. The van der Waals surface area contributed by atoms with Crippen molar-refractivity contribution in [3.8, 4) is 11.4 Å². The standard InChI is InChI=1S/C54H57FN10O14/c1-3-29-31-16-38-48-32(23-64(38)51(75)33(31)24-79-52(29)76)47-35(10-9-30-27(2)34(55)17-36(62-48)46(30)47)63-53(77)54(13-14-54)25-78-26-60-41(67)20-58-49(73)37(15-28-7-5-4-6-8-28)61-42(68)21-57-40(66)19-59-50(74)39(18-56-22-45(71)72)65-43(69)11-12-44(65)70/h4-8,11-12,16-17,29,35,37,39,56H,3,9-10,13-15,18-26H2,1-2H3,(H,57,66)(H,58,73)(H,59,74)(H,60,67)(H,61,68)(H,63,77)(H,71,72)/t29-,35+,37+,39+/m1/s1. The number of cyclic esters (lactones) is 1. The first-order chi connectivity index (χ1) is 37.9. The van der Waals surface area contributed by atoms with Crippen LogP contribution in [0.2, 0.25) is 0 Å². The van der Waals surface area contributed by atoms with E-state index < -0.39 is 121 Å². The average molecular weight is 1090 g/mol. The summed E-state index contributed by atoms with van der Waals surface area (Å²) in [5.74, 6) is -8.61. The molecule has 5 aliphatic rings. The molecular formula is C54H57FN10O14. The second-order valence-corrected chi connectivity index (χ2v) is 20.0. The number of aryl methyl sites for hydroxylation is 1. The third-order valence-corrected chi connectivity index (χ3v) is 14.9. The number of carboxylic acid groups (broad SMARTS) is 1. The maximum atomic E-state index is 15.5. The van der Waals surface area contributed by atoms with Crippen molar-refractivity contribution >= 4 is 70.1 Å². The second kappa shape index (κ2) is 23.1.